The molecule has 112 valence electrons. The number of piperidine rings is 1. The minimum absolute atomic E-state index is 0.178. The summed E-state index contributed by atoms with van der Waals surface area (Å²) in [6.45, 7) is 6.33. The van der Waals surface area contributed by atoms with E-state index in [1.807, 2.05) is 0 Å². The Kier molecular flexibility index (Phi) is 5.11. The maximum absolute atomic E-state index is 12.5. The third kappa shape index (κ3) is 3.56. The molecular weight excluding hydrogens is 256 g/mol. The lowest BCUT2D eigenvalue weighted by Gasteiger charge is -2.36. The van der Waals surface area contributed by atoms with Gasteiger partial charge in [-0.2, -0.15) is 4.98 Å². The van der Waals surface area contributed by atoms with Crippen molar-refractivity contribution in [3.8, 4) is 0 Å². The second kappa shape index (κ2) is 6.83. The Labute approximate surface area is 119 Å². The Hall–Kier alpha value is -1.43. The van der Waals surface area contributed by atoms with Crippen LogP contribution in [0, 0.1) is 12.3 Å². The largest absolute Gasteiger partial charge is 0.355 e. The fraction of sp³-hybridized carbons (Fsp3) is 0.786. The SMILES string of the molecule is CCCC1(C(=O)NCCc2nc(C)no2)CCNCC1. The maximum atomic E-state index is 12.5. The molecule has 2 rings (SSSR count). The van der Waals surface area contributed by atoms with Crippen molar-refractivity contribution in [3.63, 3.8) is 0 Å². The summed E-state index contributed by atoms with van der Waals surface area (Å²) < 4.78 is 5.04. The van der Waals surface area contributed by atoms with Crippen LogP contribution in [-0.4, -0.2) is 35.7 Å². The highest BCUT2D eigenvalue weighted by atomic mass is 16.5. The van der Waals surface area contributed by atoms with Gasteiger partial charge in [0.2, 0.25) is 11.8 Å². The second-order valence-corrected chi connectivity index (χ2v) is 5.52. The van der Waals surface area contributed by atoms with Gasteiger partial charge in [0.25, 0.3) is 0 Å². The summed E-state index contributed by atoms with van der Waals surface area (Å²) in [5.74, 6) is 1.39. The Morgan fingerprint density at radius 2 is 2.20 bits per heavy atom. The van der Waals surface area contributed by atoms with Crippen molar-refractivity contribution < 1.29 is 9.32 Å². The molecule has 20 heavy (non-hydrogen) atoms. The predicted molar refractivity (Wildman–Crippen MR) is 75.2 cm³/mol. The van der Waals surface area contributed by atoms with Gasteiger partial charge in [-0.05, 0) is 39.3 Å². The first-order chi connectivity index (χ1) is 9.66. The van der Waals surface area contributed by atoms with Gasteiger partial charge in [0.1, 0.15) is 0 Å². The number of rotatable bonds is 6. The first-order valence-corrected chi connectivity index (χ1v) is 7.44. The summed E-state index contributed by atoms with van der Waals surface area (Å²) in [4.78, 5) is 16.6. The van der Waals surface area contributed by atoms with Crippen LogP contribution in [0.1, 0.15) is 44.3 Å². The zero-order chi connectivity index (χ0) is 14.4. The molecule has 0 aliphatic carbocycles. The predicted octanol–water partition coefficient (Wildman–Crippen LogP) is 1.21. The summed E-state index contributed by atoms with van der Waals surface area (Å²) in [7, 11) is 0. The first-order valence-electron chi connectivity index (χ1n) is 7.44. The molecule has 0 radical (unpaired) electrons. The van der Waals surface area contributed by atoms with E-state index in [1.165, 1.54) is 0 Å². The van der Waals surface area contributed by atoms with Crippen molar-refractivity contribution in [2.45, 2.75) is 46.0 Å². The van der Waals surface area contributed by atoms with E-state index in [1.54, 1.807) is 6.92 Å². The molecule has 0 aromatic carbocycles. The zero-order valence-electron chi connectivity index (χ0n) is 12.4. The van der Waals surface area contributed by atoms with Crippen molar-refractivity contribution in [2.24, 2.45) is 5.41 Å². The van der Waals surface area contributed by atoms with Gasteiger partial charge in [0, 0.05) is 13.0 Å². The molecule has 0 saturated carbocycles. The van der Waals surface area contributed by atoms with Crippen molar-refractivity contribution in [1.29, 1.82) is 0 Å². The number of hydrogen-bond acceptors (Lipinski definition) is 5. The number of aryl methyl sites for hydroxylation is 1. The number of hydrogen-bond donors (Lipinski definition) is 2. The lowest BCUT2D eigenvalue weighted by atomic mass is 9.74. The van der Waals surface area contributed by atoms with E-state index in [9.17, 15) is 4.79 Å². The van der Waals surface area contributed by atoms with E-state index in [0.717, 1.165) is 38.8 Å². The summed E-state index contributed by atoms with van der Waals surface area (Å²) in [5, 5.41) is 10.1. The average molecular weight is 280 g/mol. The number of nitrogens with one attached hydrogen (secondary N) is 2. The Morgan fingerprint density at radius 1 is 1.45 bits per heavy atom. The second-order valence-electron chi connectivity index (χ2n) is 5.52. The molecule has 1 fully saturated rings. The molecular formula is C14H24N4O2. The number of amides is 1. The van der Waals surface area contributed by atoms with Crippen LogP contribution in [-0.2, 0) is 11.2 Å². The van der Waals surface area contributed by atoms with E-state index in [4.69, 9.17) is 4.52 Å². The number of carbonyl (C=O) groups is 1. The maximum Gasteiger partial charge on any atom is 0.228 e. The van der Waals surface area contributed by atoms with E-state index in [2.05, 4.69) is 27.7 Å². The third-order valence-electron chi connectivity index (χ3n) is 3.96. The van der Waals surface area contributed by atoms with Crippen molar-refractivity contribution >= 4 is 5.91 Å². The molecule has 6 nitrogen and oxygen atoms in total. The molecule has 1 aliphatic rings. The standard InChI is InChI=1S/C14H24N4O2/c1-3-5-14(6-9-15-10-7-14)13(19)16-8-4-12-17-11(2)18-20-12/h15H,3-10H2,1-2H3,(H,16,19). The van der Waals surface area contributed by atoms with Crippen LogP contribution in [0.4, 0.5) is 0 Å². The van der Waals surface area contributed by atoms with Gasteiger partial charge in [-0.25, -0.2) is 0 Å². The van der Waals surface area contributed by atoms with Crippen LogP contribution in [0.5, 0.6) is 0 Å². The molecule has 1 aromatic heterocycles. The van der Waals surface area contributed by atoms with Gasteiger partial charge in [-0.1, -0.05) is 18.5 Å². The summed E-state index contributed by atoms with van der Waals surface area (Å²) in [6, 6.07) is 0. The van der Waals surface area contributed by atoms with Gasteiger partial charge in [-0.3, -0.25) is 4.79 Å². The van der Waals surface area contributed by atoms with Gasteiger partial charge >= 0.3 is 0 Å². The fourth-order valence-electron chi connectivity index (χ4n) is 2.89. The zero-order valence-corrected chi connectivity index (χ0v) is 12.4. The van der Waals surface area contributed by atoms with Gasteiger partial charge in [0.05, 0.1) is 5.41 Å². The molecule has 0 spiro atoms. The molecule has 1 saturated heterocycles. The topological polar surface area (TPSA) is 80.1 Å². The quantitative estimate of drug-likeness (QED) is 0.818. The third-order valence-corrected chi connectivity index (χ3v) is 3.96. The van der Waals surface area contributed by atoms with Crippen LogP contribution in [0.15, 0.2) is 4.52 Å². The molecule has 0 unspecified atom stereocenters. The molecule has 1 amide bonds. The number of aromatic nitrogens is 2. The monoisotopic (exact) mass is 280 g/mol. The highest BCUT2D eigenvalue weighted by molar-refractivity contribution is 5.82. The van der Waals surface area contributed by atoms with Crippen LogP contribution >= 0.6 is 0 Å². The highest BCUT2D eigenvalue weighted by Gasteiger charge is 2.38. The van der Waals surface area contributed by atoms with Gasteiger partial charge in [-0.15, -0.1) is 0 Å². The Balaban J connectivity index is 1.85. The van der Waals surface area contributed by atoms with Crippen molar-refractivity contribution in [2.75, 3.05) is 19.6 Å². The Morgan fingerprint density at radius 3 is 2.80 bits per heavy atom. The molecule has 1 aromatic rings. The summed E-state index contributed by atoms with van der Waals surface area (Å²) in [5.41, 5.74) is -0.190. The lowest BCUT2D eigenvalue weighted by Crippen LogP contribution is -2.48. The molecule has 1 aliphatic heterocycles. The number of carbonyl (C=O) groups excluding carboxylic acids is 1. The normalized spacial score (nSPS) is 17.9. The lowest BCUT2D eigenvalue weighted by molar-refractivity contribution is -0.133. The number of nitrogens with zero attached hydrogens (tertiary/aromatic N) is 2. The molecule has 2 N–H and O–H groups in total. The molecule has 6 heteroatoms. The van der Waals surface area contributed by atoms with E-state index in [-0.39, 0.29) is 11.3 Å². The van der Waals surface area contributed by atoms with Crippen molar-refractivity contribution in [1.82, 2.24) is 20.8 Å². The van der Waals surface area contributed by atoms with Gasteiger partial charge < -0.3 is 15.2 Å². The molecule has 2 heterocycles. The summed E-state index contributed by atoms with van der Waals surface area (Å²) in [6.07, 6.45) is 4.43. The van der Waals surface area contributed by atoms with Crippen molar-refractivity contribution in [3.05, 3.63) is 11.7 Å². The van der Waals surface area contributed by atoms with Gasteiger partial charge in [0.15, 0.2) is 5.82 Å². The summed E-state index contributed by atoms with van der Waals surface area (Å²) >= 11 is 0. The van der Waals surface area contributed by atoms with Crippen LogP contribution in [0.2, 0.25) is 0 Å². The minimum atomic E-state index is -0.190. The fourth-order valence-corrected chi connectivity index (χ4v) is 2.89. The molecule has 0 bridgehead atoms. The smallest absolute Gasteiger partial charge is 0.228 e. The average Bonchev–Trinajstić information content (AvgIpc) is 2.86. The van der Waals surface area contributed by atoms with Crippen LogP contribution in [0.25, 0.3) is 0 Å². The van der Waals surface area contributed by atoms with Crippen LogP contribution in [0.3, 0.4) is 0 Å². The van der Waals surface area contributed by atoms with E-state index in [0.29, 0.717) is 24.7 Å². The van der Waals surface area contributed by atoms with E-state index < -0.39 is 0 Å². The molecule has 0 atom stereocenters. The van der Waals surface area contributed by atoms with E-state index >= 15 is 0 Å². The van der Waals surface area contributed by atoms with Crippen LogP contribution < -0.4 is 10.6 Å². The Bertz CT molecular complexity index is 433. The minimum Gasteiger partial charge on any atom is -0.355 e. The highest BCUT2D eigenvalue weighted by Crippen LogP contribution is 2.34. The first kappa shape index (κ1) is 15.0.